The van der Waals surface area contributed by atoms with Crippen molar-refractivity contribution in [2.45, 2.75) is 46.0 Å². The molecule has 214 valence electrons. The van der Waals surface area contributed by atoms with Crippen LogP contribution in [0.1, 0.15) is 50.4 Å². The topological polar surface area (TPSA) is 143 Å². The lowest BCUT2D eigenvalue weighted by Crippen LogP contribution is -2.55. The number of aliphatic carboxylic acids is 1. The molecule has 0 bridgehead atoms. The average molecular weight is 586 g/mol. The number of benzene rings is 1. The first-order valence-corrected chi connectivity index (χ1v) is 13.5. The monoisotopic (exact) mass is 585 g/mol. The second-order valence-electron chi connectivity index (χ2n) is 9.67. The Hall–Kier alpha value is -2.67. The van der Waals surface area contributed by atoms with Crippen LogP contribution in [-0.4, -0.2) is 96.8 Å². The summed E-state index contributed by atoms with van der Waals surface area (Å²) in [6.45, 7) is 6.13. The summed E-state index contributed by atoms with van der Waals surface area (Å²) >= 11 is 12.0. The zero-order valence-corrected chi connectivity index (χ0v) is 23.8. The number of hydrogen-bond acceptors (Lipinski definition) is 9. The number of ketones is 1. The molecule has 0 aromatic heterocycles. The van der Waals surface area contributed by atoms with Crippen LogP contribution in [0.25, 0.3) is 0 Å². The minimum Gasteiger partial charge on any atom is -0.497 e. The first-order chi connectivity index (χ1) is 18.4. The second kappa shape index (κ2) is 15.8. The normalized spacial score (nSPS) is 15.4. The molecule has 1 heterocycles. The fourth-order valence-corrected chi connectivity index (χ4v) is 4.42. The highest BCUT2D eigenvalue weighted by molar-refractivity contribution is 6.51. The predicted octanol–water partition coefficient (Wildman–Crippen LogP) is 2.32. The summed E-state index contributed by atoms with van der Waals surface area (Å²) in [7, 11) is -1.34. The number of carboxylic acids is 1. The van der Waals surface area contributed by atoms with E-state index in [9.17, 15) is 24.0 Å². The summed E-state index contributed by atoms with van der Waals surface area (Å²) in [5.74, 6) is -3.89. The van der Waals surface area contributed by atoms with Crippen molar-refractivity contribution in [3.63, 3.8) is 0 Å². The molecule has 11 nitrogen and oxygen atoms in total. The van der Waals surface area contributed by atoms with Crippen LogP contribution >= 0.6 is 23.2 Å². The van der Waals surface area contributed by atoms with Gasteiger partial charge in [-0.2, -0.15) is 0 Å². The maximum atomic E-state index is 12.7. The van der Waals surface area contributed by atoms with Gasteiger partial charge in [0.2, 0.25) is 5.91 Å². The molecule has 1 amide bonds. The molecule has 2 N–H and O–H groups in total. The van der Waals surface area contributed by atoms with Gasteiger partial charge in [-0.25, -0.2) is 0 Å². The van der Waals surface area contributed by atoms with Gasteiger partial charge in [0, 0.05) is 36.5 Å². The van der Waals surface area contributed by atoms with Crippen LogP contribution in [0.5, 0.6) is 0 Å². The Morgan fingerprint density at radius 3 is 2.33 bits per heavy atom. The highest BCUT2D eigenvalue weighted by atomic mass is 35.5. The minimum absolute atomic E-state index is 0.0517. The number of halogens is 2. The largest absolute Gasteiger partial charge is 0.622 e. The van der Waals surface area contributed by atoms with E-state index < -0.39 is 36.9 Å². The van der Waals surface area contributed by atoms with E-state index in [2.05, 4.69) is 5.32 Å². The van der Waals surface area contributed by atoms with Crippen molar-refractivity contribution in [3.05, 3.63) is 33.8 Å². The molecule has 1 aliphatic heterocycles. The van der Waals surface area contributed by atoms with Gasteiger partial charge >= 0.3 is 25.0 Å². The van der Waals surface area contributed by atoms with Crippen molar-refractivity contribution < 1.29 is 38.4 Å². The van der Waals surface area contributed by atoms with E-state index in [1.165, 1.54) is 17.0 Å². The zero-order chi connectivity index (χ0) is 29.1. The molecule has 1 atom stereocenters. The SMILES string of the molecule is CCN(CCN1CC(=O)OB([C@H](CC(C)C)NC(=O)CCC(=O)c2cc(Cl)ccc2Cl)OC(=O)C1)CC(=O)O. The fraction of sp³-hybridized carbons (Fsp3) is 0.560. The Morgan fingerprint density at radius 1 is 1.13 bits per heavy atom. The second-order valence-corrected chi connectivity index (χ2v) is 10.5. The lowest BCUT2D eigenvalue weighted by atomic mass is 9.73. The van der Waals surface area contributed by atoms with Crippen molar-refractivity contribution in [1.29, 1.82) is 0 Å². The maximum Gasteiger partial charge on any atom is 0.622 e. The third-order valence-electron chi connectivity index (χ3n) is 5.95. The Morgan fingerprint density at radius 2 is 1.77 bits per heavy atom. The molecular formula is C25H34BCl2N3O8. The van der Waals surface area contributed by atoms with Crippen LogP contribution in [0, 0.1) is 5.92 Å². The van der Waals surface area contributed by atoms with Gasteiger partial charge in [-0.1, -0.05) is 44.0 Å². The van der Waals surface area contributed by atoms with Crippen molar-refractivity contribution in [1.82, 2.24) is 15.1 Å². The van der Waals surface area contributed by atoms with Crippen LogP contribution in [0.2, 0.25) is 10.0 Å². The molecule has 14 heteroatoms. The summed E-state index contributed by atoms with van der Waals surface area (Å²) in [4.78, 5) is 64.7. The molecule has 1 fully saturated rings. The van der Waals surface area contributed by atoms with E-state index in [0.717, 1.165) is 0 Å². The lowest BCUT2D eigenvalue weighted by Gasteiger charge is -2.30. The third kappa shape index (κ3) is 11.5. The third-order valence-corrected chi connectivity index (χ3v) is 6.51. The van der Waals surface area contributed by atoms with Crippen LogP contribution in [-0.2, 0) is 28.5 Å². The molecule has 0 aliphatic carbocycles. The van der Waals surface area contributed by atoms with Crippen LogP contribution < -0.4 is 5.32 Å². The zero-order valence-electron chi connectivity index (χ0n) is 22.3. The van der Waals surface area contributed by atoms with E-state index in [1.54, 1.807) is 11.0 Å². The van der Waals surface area contributed by atoms with E-state index in [1.807, 2.05) is 20.8 Å². The summed E-state index contributed by atoms with van der Waals surface area (Å²) in [5, 5.41) is 12.3. The van der Waals surface area contributed by atoms with Crippen LogP contribution in [0.15, 0.2) is 18.2 Å². The maximum absolute atomic E-state index is 12.7. The van der Waals surface area contributed by atoms with Gasteiger partial charge in [0.25, 0.3) is 0 Å². The van der Waals surface area contributed by atoms with Crippen molar-refractivity contribution in [2.24, 2.45) is 5.92 Å². The van der Waals surface area contributed by atoms with Gasteiger partial charge in [0.15, 0.2) is 5.78 Å². The van der Waals surface area contributed by atoms with Gasteiger partial charge in [-0.3, -0.25) is 33.8 Å². The summed E-state index contributed by atoms with van der Waals surface area (Å²) in [5.41, 5.74) is 0.216. The highest BCUT2D eigenvalue weighted by Crippen LogP contribution is 2.22. The Bertz CT molecular complexity index is 1040. The van der Waals surface area contributed by atoms with Gasteiger partial charge in [-0.15, -0.1) is 0 Å². The summed E-state index contributed by atoms with van der Waals surface area (Å²) < 4.78 is 10.9. The number of likely N-dealkylation sites (N-methyl/N-ethyl adjacent to an activating group) is 1. The number of rotatable bonds is 14. The number of carbonyl (C=O) groups is 5. The molecule has 1 aromatic rings. The van der Waals surface area contributed by atoms with Crippen LogP contribution in [0.4, 0.5) is 0 Å². The molecule has 0 spiro atoms. The van der Waals surface area contributed by atoms with E-state index in [4.69, 9.17) is 37.6 Å². The van der Waals surface area contributed by atoms with E-state index in [0.29, 0.717) is 24.5 Å². The molecule has 1 aliphatic rings. The summed E-state index contributed by atoms with van der Waals surface area (Å²) in [6.07, 6.45) is 0.0501. The van der Waals surface area contributed by atoms with Crippen molar-refractivity contribution in [3.8, 4) is 0 Å². The number of amides is 1. The molecule has 2 rings (SSSR count). The molecule has 0 unspecified atom stereocenters. The Balaban J connectivity index is 2.00. The van der Waals surface area contributed by atoms with Crippen molar-refractivity contribution in [2.75, 3.05) is 39.3 Å². The van der Waals surface area contributed by atoms with Gasteiger partial charge in [0.1, 0.15) is 0 Å². The quantitative estimate of drug-likeness (QED) is 0.246. The Labute approximate surface area is 238 Å². The van der Waals surface area contributed by atoms with Gasteiger partial charge in [-0.05, 0) is 37.1 Å². The van der Waals surface area contributed by atoms with Crippen molar-refractivity contribution >= 4 is 59.9 Å². The first-order valence-electron chi connectivity index (χ1n) is 12.7. The first kappa shape index (κ1) is 32.5. The average Bonchev–Trinajstić information content (AvgIpc) is 2.84. The van der Waals surface area contributed by atoms with Crippen LogP contribution in [0.3, 0.4) is 0 Å². The lowest BCUT2D eigenvalue weighted by molar-refractivity contribution is -0.147. The standard InChI is InChI=1S/C25H34BCl2N3O8/c1-4-30(13-23(34)35)9-10-31-14-24(36)38-26(39-25(37)15-31)21(11-16(2)3)29-22(33)8-7-20(32)18-12-17(27)5-6-19(18)28/h5-6,12,16,21H,4,7-11,13-15H2,1-3H3,(H,29,33)(H,34,35)/t21-/m0/s1. The number of hydrogen-bond donors (Lipinski definition) is 2. The van der Waals surface area contributed by atoms with E-state index >= 15 is 0 Å². The highest BCUT2D eigenvalue weighted by Gasteiger charge is 2.41. The predicted molar refractivity (Wildman–Crippen MR) is 146 cm³/mol. The molecule has 0 radical (unpaired) electrons. The summed E-state index contributed by atoms with van der Waals surface area (Å²) in [6, 6.07) is 4.50. The smallest absolute Gasteiger partial charge is 0.497 e. The minimum atomic E-state index is -1.34. The molecular weight excluding hydrogens is 552 g/mol. The van der Waals surface area contributed by atoms with Gasteiger partial charge in [0.05, 0.1) is 30.6 Å². The molecule has 0 saturated carbocycles. The molecule has 39 heavy (non-hydrogen) atoms. The molecule has 1 saturated heterocycles. The number of nitrogens with zero attached hydrogens (tertiary/aromatic N) is 2. The molecule has 1 aromatic carbocycles. The number of Topliss-reactive ketones (excluding diaryl/α,β-unsaturated/α-hetero) is 1. The Kier molecular flexibility index (Phi) is 13.2. The fourth-order valence-electron chi connectivity index (χ4n) is 4.02. The van der Waals surface area contributed by atoms with E-state index in [-0.39, 0.29) is 61.3 Å². The number of nitrogens with one attached hydrogen (secondary N) is 1. The van der Waals surface area contributed by atoms with Gasteiger partial charge < -0.3 is 19.7 Å². The number of carbonyl (C=O) groups excluding carboxylic acids is 4. The number of carboxylic acid groups (broad SMARTS) is 1.